The van der Waals surface area contributed by atoms with Crippen LogP contribution in [0.3, 0.4) is 0 Å². The molecule has 0 N–H and O–H groups in total. The van der Waals surface area contributed by atoms with Gasteiger partial charge >= 0.3 is 0 Å². The molecule has 0 amide bonds. The first-order valence-corrected chi connectivity index (χ1v) is 8.95. The Labute approximate surface area is 142 Å². The van der Waals surface area contributed by atoms with Crippen molar-refractivity contribution in [3.05, 3.63) is 41.2 Å². The lowest BCUT2D eigenvalue weighted by molar-refractivity contribution is 0.235. The molecule has 126 valence electrons. The molecular formula is C18H24N6. The van der Waals surface area contributed by atoms with Crippen molar-refractivity contribution >= 4 is 5.71 Å². The number of aliphatic imine (C=N–C) groups is 1. The Bertz CT molecular complexity index is 748. The first kappa shape index (κ1) is 15.4. The van der Waals surface area contributed by atoms with Gasteiger partial charge in [-0.1, -0.05) is 0 Å². The summed E-state index contributed by atoms with van der Waals surface area (Å²) in [5.74, 6) is 0.853. The van der Waals surface area contributed by atoms with Crippen LogP contribution in [0.15, 0.2) is 23.5 Å². The fourth-order valence-electron chi connectivity index (χ4n) is 3.54. The van der Waals surface area contributed by atoms with Gasteiger partial charge in [0.15, 0.2) is 5.82 Å². The highest BCUT2D eigenvalue weighted by Gasteiger charge is 2.21. The maximum Gasteiger partial charge on any atom is 0.173 e. The summed E-state index contributed by atoms with van der Waals surface area (Å²) >= 11 is 0. The summed E-state index contributed by atoms with van der Waals surface area (Å²) in [7, 11) is 0. The van der Waals surface area contributed by atoms with Crippen molar-refractivity contribution in [2.24, 2.45) is 4.99 Å². The highest BCUT2D eigenvalue weighted by Crippen LogP contribution is 2.20. The van der Waals surface area contributed by atoms with Crippen LogP contribution in [0.2, 0.25) is 0 Å². The van der Waals surface area contributed by atoms with Gasteiger partial charge in [-0.2, -0.15) is 5.10 Å². The quantitative estimate of drug-likeness (QED) is 0.865. The summed E-state index contributed by atoms with van der Waals surface area (Å²) in [5.41, 5.74) is 4.82. The third-order valence-corrected chi connectivity index (χ3v) is 4.89. The topological polar surface area (TPSA) is 59.2 Å². The average Bonchev–Trinajstić information content (AvgIpc) is 3.09. The van der Waals surface area contributed by atoms with E-state index in [1.807, 2.05) is 12.4 Å². The molecule has 4 rings (SSSR count). The highest BCUT2D eigenvalue weighted by atomic mass is 15.3. The van der Waals surface area contributed by atoms with Crippen LogP contribution in [0.1, 0.15) is 49.0 Å². The standard InChI is InChI=1S/C18H24N6/c1-2-24-15(6-9-21-24)13-23-10-7-16-14(12-23)11-20-18(22-16)17-5-3-4-8-19-17/h6,9,11H,2-5,7-8,10,12-13H2,1H3. The van der Waals surface area contributed by atoms with Crippen LogP contribution in [0.5, 0.6) is 0 Å². The lowest BCUT2D eigenvalue weighted by Crippen LogP contribution is -2.32. The molecule has 0 radical (unpaired) electrons. The largest absolute Gasteiger partial charge is 0.293 e. The van der Waals surface area contributed by atoms with Gasteiger partial charge in [0.25, 0.3) is 0 Å². The second kappa shape index (κ2) is 6.81. The van der Waals surface area contributed by atoms with Gasteiger partial charge in [-0.25, -0.2) is 9.97 Å². The molecular weight excluding hydrogens is 300 g/mol. The van der Waals surface area contributed by atoms with Gasteiger partial charge in [0.1, 0.15) is 0 Å². The minimum atomic E-state index is 0.853. The molecule has 2 aromatic heterocycles. The molecule has 0 saturated heterocycles. The molecule has 0 unspecified atom stereocenters. The zero-order valence-electron chi connectivity index (χ0n) is 14.3. The Hall–Kier alpha value is -2.08. The Morgan fingerprint density at radius 3 is 3.00 bits per heavy atom. The minimum Gasteiger partial charge on any atom is -0.293 e. The number of aromatic nitrogens is 4. The predicted octanol–water partition coefficient (Wildman–Crippen LogP) is 2.22. The minimum absolute atomic E-state index is 0.853. The molecule has 0 atom stereocenters. The molecule has 6 nitrogen and oxygen atoms in total. The fourth-order valence-corrected chi connectivity index (χ4v) is 3.54. The Morgan fingerprint density at radius 2 is 2.17 bits per heavy atom. The smallest absolute Gasteiger partial charge is 0.173 e. The Kier molecular flexibility index (Phi) is 4.38. The maximum absolute atomic E-state index is 4.82. The summed E-state index contributed by atoms with van der Waals surface area (Å²) in [6.07, 6.45) is 8.30. The third kappa shape index (κ3) is 3.11. The van der Waals surface area contributed by atoms with Gasteiger partial charge in [-0.15, -0.1) is 0 Å². The summed E-state index contributed by atoms with van der Waals surface area (Å²) in [4.78, 5) is 16.5. The Morgan fingerprint density at radius 1 is 1.21 bits per heavy atom. The van der Waals surface area contributed by atoms with Crippen LogP contribution >= 0.6 is 0 Å². The zero-order valence-corrected chi connectivity index (χ0v) is 14.3. The summed E-state index contributed by atoms with van der Waals surface area (Å²) in [5, 5.41) is 4.36. The first-order valence-electron chi connectivity index (χ1n) is 8.95. The number of fused-ring (bicyclic) bond motifs is 1. The fraction of sp³-hybridized carbons (Fsp3) is 0.556. The molecule has 0 aliphatic carbocycles. The van der Waals surface area contributed by atoms with Crippen LogP contribution in [0, 0.1) is 0 Å². The van der Waals surface area contributed by atoms with Gasteiger partial charge in [0.05, 0.1) is 17.1 Å². The lowest BCUT2D eigenvalue weighted by atomic mass is 10.1. The number of nitrogens with zero attached hydrogens (tertiary/aromatic N) is 6. The number of rotatable bonds is 4. The highest BCUT2D eigenvalue weighted by molar-refractivity contribution is 5.97. The predicted molar refractivity (Wildman–Crippen MR) is 93.0 cm³/mol. The number of hydrogen-bond donors (Lipinski definition) is 0. The molecule has 2 aromatic rings. The molecule has 6 heteroatoms. The summed E-state index contributed by atoms with van der Waals surface area (Å²) in [6, 6.07) is 2.11. The second-order valence-corrected chi connectivity index (χ2v) is 6.55. The van der Waals surface area contributed by atoms with Crippen LogP contribution in [-0.4, -0.2) is 43.4 Å². The van der Waals surface area contributed by atoms with E-state index >= 15 is 0 Å². The van der Waals surface area contributed by atoms with Crippen molar-refractivity contribution in [1.82, 2.24) is 24.6 Å². The molecule has 24 heavy (non-hydrogen) atoms. The van der Waals surface area contributed by atoms with Gasteiger partial charge in [0, 0.05) is 57.1 Å². The van der Waals surface area contributed by atoms with Crippen LogP contribution in [0.25, 0.3) is 0 Å². The van der Waals surface area contributed by atoms with Crippen molar-refractivity contribution in [3.63, 3.8) is 0 Å². The molecule has 0 spiro atoms. The molecule has 2 aliphatic rings. The van der Waals surface area contributed by atoms with E-state index in [1.54, 1.807) is 0 Å². The summed E-state index contributed by atoms with van der Waals surface area (Å²) < 4.78 is 2.07. The van der Waals surface area contributed by atoms with E-state index < -0.39 is 0 Å². The van der Waals surface area contributed by atoms with Crippen molar-refractivity contribution < 1.29 is 0 Å². The Balaban J connectivity index is 1.48. The van der Waals surface area contributed by atoms with Gasteiger partial charge in [-0.05, 0) is 32.3 Å². The summed E-state index contributed by atoms with van der Waals surface area (Å²) in [6.45, 7) is 6.85. The molecule has 4 heterocycles. The van der Waals surface area contributed by atoms with Crippen molar-refractivity contribution in [2.75, 3.05) is 13.1 Å². The van der Waals surface area contributed by atoms with E-state index in [0.717, 1.165) is 57.1 Å². The van der Waals surface area contributed by atoms with Gasteiger partial charge < -0.3 is 0 Å². The van der Waals surface area contributed by atoms with E-state index in [9.17, 15) is 0 Å². The SMILES string of the molecule is CCn1nccc1CN1CCc2nc(C3=NCCCC3)ncc2C1. The zero-order chi connectivity index (χ0) is 16.4. The molecule has 0 aromatic carbocycles. The van der Waals surface area contributed by atoms with Gasteiger partial charge in [0.2, 0.25) is 0 Å². The maximum atomic E-state index is 4.82. The van der Waals surface area contributed by atoms with Crippen LogP contribution in [-0.2, 0) is 26.1 Å². The van der Waals surface area contributed by atoms with E-state index in [4.69, 9.17) is 4.98 Å². The van der Waals surface area contributed by atoms with Crippen molar-refractivity contribution in [1.29, 1.82) is 0 Å². The molecule has 0 fully saturated rings. The molecule has 0 saturated carbocycles. The second-order valence-electron chi connectivity index (χ2n) is 6.55. The number of aryl methyl sites for hydroxylation is 1. The molecule has 0 bridgehead atoms. The van der Waals surface area contributed by atoms with E-state index in [-0.39, 0.29) is 0 Å². The van der Waals surface area contributed by atoms with Gasteiger partial charge in [-0.3, -0.25) is 14.6 Å². The normalized spacial score (nSPS) is 18.3. The number of hydrogen-bond acceptors (Lipinski definition) is 5. The van der Waals surface area contributed by atoms with E-state index in [1.165, 1.54) is 29.8 Å². The van der Waals surface area contributed by atoms with Crippen molar-refractivity contribution in [2.45, 2.75) is 52.2 Å². The monoisotopic (exact) mass is 324 g/mol. The molecule has 2 aliphatic heterocycles. The van der Waals surface area contributed by atoms with E-state index in [0.29, 0.717) is 0 Å². The lowest BCUT2D eigenvalue weighted by Gasteiger charge is -2.28. The first-order chi connectivity index (χ1) is 11.8. The average molecular weight is 324 g/mol. The van der Waals surface area contributed by atoms with Crippen molar-refractivity contribution in [3.8, 4) is 0 Å². The third-order valence-electron chi connectivity index (χ3n) is 4.89. The van der Waals surface area contributed by atoms with E-state index in [2.05, 4.69) is 37.6 Å². The van der Waals surface area contributed by atoms with Crippen LogP contribution < -0.4 is 0 Å². The van der Waals surface area contributed by atoms with Crippen LogP contribution in [0.4, 0.5) is 0 Å².